The van der Waals surface area contributed by atoms with Crippen molar-refractivity contribution in [1.82, 2.24) is 24.0 Å². The van der Waals surface area contributed by atoms with Gasteiger partial charge in [-0.3, -0.25) is 9.69 Å². The maximum absolute atomic E-state index is 13.3. The van der Waals surface area contributed by atoms with Crippen molar-refractivity contribution in [1.29, 1.82) is 0 Å². The van der Waals surface area contributed by atoms with Gasteiger partial charge in [0.15, 0.2) is 5.78 Å². The molecule has 0 aliphatic heterocycles. The van der Waals surface area contributed by atoms with Gasteiger partial charge in [-0.15, -0.1) is 0 Å². The van der Waals surface area contributed by atoms with E-state index in [9.17, 15) is 4.79 Å². The van der Waals surface area contributed by atoms with Crippen molar-refractivity contribution >= 4 is 22.6 Å². The van der Waals surface area contributed by atoms with Crippen LogP contribution in [0.2, 0.25) is 0 Å². The van der Waals surface area contributed by atoms with Crippen molar-refractivity contribution in [3.63, 3.8) is 0 Å². The quantitative estimate of drug-likeness (QED) is 0.206. The number of nitrogens with zero attached hydrogens (tertiary/aromatic N) is 5. The van der Waals surface area contributed by atoms with Crippen LogP contribution in [0.25, 0.3) is 22.2 Å². The number of ether oxygens (including phenoxy) is 1. The summed E-state index contributed by atoms with van der Waals surface area (Å²) >= 11 is 0. The third kappa shape index (κ3) is 5.22. The van der Waals surface area contributed by atoms with Crippen LogP contribution >= 0.6 is 0 Å². The maximum Gasteiger partial charge on any atom is 0.194 e. The average Bonchev–Trinajstić information content (AvgIpc) is 3.53. The van der Waals surface area contributed by atoms with Gasteiger partial charge < -0.3 is 19.6 Å². The number of rotatable bonds is 10. The molecule has 0 aliphatic carbocycles. The Hall–Kier alpha value is -4.43. The van der Waals surface area contributed by atoms with E-state index in [-0.39, 0.29) is 11.8 Å². The molecule has 206 valence electrons. The van der Waals surface area contributed by atoms with Crippen LogP contribution in [0.5, 0.6) is 11.5 Å². The molecule has 0 unspecified atom stereocenters. The van der Waals surface area contributed by atoms with E-state index in [1.165, 1.54) is 6.33 Å². The van der Waals surface area contributed by atoms with E-state index < -0.39 is 0 Å². The molecule has 3 heterocycles. The Balaban J connectivity index is 1.33. The molecule has 0 fully saturated rings. The Morgan fingerprint density at radius 3 is 2.25 bits per heavy atom. The van der Waals surface area contributed by atoms with Crippen molar-refractivity contribution in [2.75, 3.05) is 18.8 Å². The topological polar surface area (TPSA) is 91.2 Å². The normalized spacial score (nSPS) is 11.6. The molecule has 8 heteroatoms. The van der Waals surface area contributed by atoms with E-state index in [0.717, 1.165) is 53.1 Å². The van der Waals surface area contributed by atoms with Gasteiger partial charge >= 0.3 is 0 Å². The Morgan fingerprint density at radius 2 is 1.62 bits per heavy atom. The summed E-state index contributed by atoms with van der Waals surface area (Å²) in [6.07, 6.45) is 5.53. The lowest BCUT2D eigenvalue weighted by Gasteiger charge is -2.19. The van der Waals surface area contributed by atoms with E-state index in [4.69, 9.17) is 10.5 Å². The first kappa shape index (κ1) is 27.1. The molecule has 40 heavy (non-hydrogen) atoms. The number of hydrogen-bond acceptors (Lipinski definition) is 6. The summed E-state index contributed by atoms with van der Waals surface area (Å²) in [6.45, 7) is 11.1. The number of benzene rings is 2. The van der Waals surface area contributed by atoms with Crippen molar-refractivity contribution in [2.24, 2.45) is 7.05 Å². The summed E-state index contributed by atoms with van der Waals surface area (Å²) < 4.78 is 10.2. The minimum Gasteiger partial charge on any atom is -0.457 e. The summed E-state index contributed by atoms with van der Waals surface area (Å²) in [7, 11) is 1.99. The van der Waals surface area contributed by atoms with Gasteiger partial charge in [0.25, 0.3) is 0 Å². The second kappa shape index (κ2) is 11.4. The number of nitrogen functional groups attached to an aromatic ring is 1. The lowest BCUT2D eigenvalue weighted by Crippen LogP contribution is -2.24. The van der Waals surface area contributed by atoms with Crippen LogP contribution in [0.15, 0.2) is 73.3 Å². The highest BCUT2D eigenvalue weighted by molar-refractivity contribution is 6.09. The van der Waals surface area contributed by atoms with Crippen LogP contribution in [-0.4, -0.2) is 42.9 Å². The second-order valence-electron chi connectivity index (χ2n) is 10.2. The monoisotopic (exact) mass is 536 g/mol. The van der Waals surface area contributed by atoms with Crippen molar-refractivity contribution < 1.29 is 9.53 Å². The Bertz CT molecular complexity index is 1630. The highest BCUT2D eigenvalue weighted by Crippen LogP contribution is 2.35. The van der Waals surface area contributed by atoms with Crippen molar-refractivity contribution in [2.45, 2.75) is 40.3 Å². The summed E-state index contributed by atoms with van der Waals surface area (Å²) in [4.78, 5) is 24.3. The highest BCUT2D eigenvalue weighted by Gasteiger charge is 2.19. The maximum atomic E-state index is 13.3. The Labute approximate surface area is 235 Å². The van der Waals surface area contributed by atoms with Gasteiger partial charge in [-0.25, -0.2) is 9.97 Å². The zero-order valence-corrected chi connectivity index (χ0v) is 23.8. The lowest BCUT2D eigenvalue weighted by molar-refractivity contribution is 0.103. The van der Waals surface area contributed by atoms with Crippen LogP contribution in [-0.2, 0) is 13.6 Å². The van der Waals surface area contributed by atoms with Gasteiger partial charge in [0, 0.05) is 54.4 Å². The number of fused-ring (bicyclic) bond motifs is 1. The number of hydrogen-bond donors (Lipinski definition) is 1. The molecule has 0 radical (unpaired) electrons. The van der Waals surface area contributed by atoms with Gasteiger partial charge in [0.2, 0.25) is 0 Å². The van der Waals surface area contributed by atoms with E-state index in [1.807, 2.05) is 72.4 Å². The van der Waals surface area contributed by atoms with E-state index in [1.54, 1.807) is 0 Å². The first-order valence-electron chi connectivity index (χ1n) is 13.7. The Morgan fingerprint density at radius 1 is 0.975 bits per heavy atom. The minimum atomic E-state index is 0.0162. The number of aryl methyl sites for hydroxylation is 1. The van der Waals surface area contributed by atoms with Crippen LogP contribution in [0.1, 0.15) is 55.4 Å². The molecule has 0 spiro atoms. The van der Waals surface area contributed by atoms with Gasteiger partial charge in [-0.05, 0) is 75.0 Å². The molecular weight excluding hydrogens is 500 g/mol. The molecular formula is C32H36N6O2. The van der Waals surface area contributed by atoms with Crippen molar-refractivity contribution in [3.8, 4) is 22.6 Å². The molecule has 5 rings (SSSR count). The molecule has 0 saturated carbocycles. The van der Waals surface area contributed by atoms with E-state index >= 15 is 0 Å². The Kier molecular flexibility index (Phi) is 7.71. The number of anilines is 1. The third-order valence-corrected chi connectivity index (χ3v) is 7.43. The van der Waals surface area contributed by atoms with Crippen LogP contribution in [0.4, 0.5) is 5.82 Å². The third-order valence-electron chi connectivity index (χ3n) is 7.43. The van der Waals surface area contributed by atoms with Crippen LogP contribution in [0.3, 0.4) is 0 Å². The molecule has 2 aromatic carbocycles. The second-order valence-corrected chi connectivity index (χ2v) is 10.2. The molecule has 3 aromatic heterocycles. The largest absolute Gasteiger partial charge is 0.457 e. The first-order chi connectivity index (χ1) is 19.3. The predicted molar refractivity (Wildman–Crippen MR) is 160 cm³/mol. The minimum absolute atomic E-state index is 0.0162. The highest BCUT2D eigenvalue weighted by atomic mass is 16.5. The molecule has 0 aliphatic rings. The van der Waals surface area contributed by atoms with Gasteiger partial charge in [-0.1, -0.05) is 26.0 Å². The SMILES string of the molecule is CCN(CC)Cc1c(C(=O)c2ccc(Oc3ccc(-c4cn(C(C)C)c5ncnc(N)c45)cc3)cc2)ccn1C. The number of carbonyl (C=O) groups excluding carboxylic acids is 1. The molecule has 8 nitrogen and oxygen atoms in total. The van der Waals surface area contributed by atoms with Gasteiger partial charge in [0.1, 0.15) is 29.3 Å². The fourth-order valence-electron chi connectivity index (χ4n) is 5.01. The molecule has 0 saturated heterocycles. The smallest absolute Gasteiger partial charge is 0.194 e. The summed E-state index contributed by atoms with van der Waals surface area (Å²) in [5.74, 6) is 1.84. The molecule has 5 aromatic rings. The average molecular weight is 537 g/mol. The standard InChI is InChI=1S/C32H36N6O2/c1-6-37(7-2)19-28-26(16-17-36(28)5)30(39)23-10-14-25(15-11-23)40-24-12-8-22(9-13-24)27-18-38(21(3)4)32-29(27)31(33)34-20-35-32/h8-18,20-21H,6-7,19H2,1-5H3,(H2,33,34,35). The number of aromatic nitrogens is 4. The van der Waals surface area contributed by atoms with Crippen LogP contribution in [0, 0.1) is 0 Å². The fourth-order valence-corrected chi connectivity index (χ4v) is 5.01. The summed E-state index contributed by atoms with van der Waals surface area (Å²) in [5, 5.41) is 0.851. The number of nitrogens with two attached hydrogens (primary N) is 1. The van der Waals surface area contributed by atoms with Crippen molar-refractivity contribution in [3.05, 3.63) is 90.1 Å². The first-order valence-corrected chi connectivity index (χ1v) is 13.7. The zero-order chi connectivity index (χ0) is 28.4. The van der Waals surface area contributed by atoms with Gasteiger partial charge in [-0.2, -0.15) is 0 Å². The molecule has 0 amide bonds. The number of ketones is 1. The van der Waals surface area contributed by atoms with Crippen LogP contribution < -0.4 is 10.5 Å². The lowest BCUT2D eigenvalue weighted by atomic mass is 10.0. The van der Waals surface area contributed by atoms with Gasteiger partial charge in [0.05, 0.1) is 5.39 Å². The summed E-state index contributed by atoms with van der Waals surface area (Å²) in [5.41, 5.74) is 11.4. The predicted octanol–water partition coefficient (Wildman–Crippen LogP) is 6.47. The molecule has 2 N–H and O–H groups in total. The fraction of sp³-hybridized carbons (Fsp3) is 0.281. The summed E-state index contributed by atoms with van der Waals surface area (Å²) in [6, 6.07) is 17.3. The number of carbonyl (C=O) groups is 1. The zero-order valence-electron chi connectivity index (χ0n) is 23.8. The molecule has 0 atom stereocenters. The van der Waals surface area contributed by atoms with E-state index in [2.05, 4.69) is 53.3 Å². The molecule has 0 bridgehead atoms. The van der Waals surface area contributed by atoms with E-state index in [0.29, 0.717) is 22.9 Å².